The smallest absolute Gasteiger partial charge is 0.358 e. The lowest BCUT2D eigenvalue weighted by Gasteiger charge is -2.14. The average Bonchev–Trinajstić information content (AvgIpc) is 2.43. The minimum atomic E-state index is -1.19. The van der Waals surface area contributed by atoms with Gasteiger partial charge in [-0.1, -0.05) is 18.2 Å². The van der Waals surface area contributed by atoms with E-state index in [1.165, 1.54) is 4.90 Å². The Hall–Kier alpha value is -2.70. The van der Waals surface area contributed by atoms with Crippen LogP contribution < -0.4 is 5.32 Å². The maximum atomic E-state index is 11.6. The fraction of sp³-hybridized carbons (Fsp3) is 0.231. The number of carbonyl (C=O) groups is 2. The first-order valence-electron chi connectivity index (χ1n) is 5.93. The molecule has 0 saturated heterocycles. The van der Waals surface area contributed by atoms with Gasteiger partial charge in [0.05, 0.1) is 17.7 Å². The Balaban J connectivity index is 2.44. The van der Waals surface area contributed by atoms with Crippen molar-refractivity contribution in [3.63, 3.8) is 0 Å². The minimum absolute atomic E-state index is 0.0109. The van der Waals surface area contributed by atoms with Crippen molar-refractivity contribution in [3.05, 3.63) is 30.0 Å². The van der Waals surface area contributed by atoms with E-state index in [2.05, 4.69) is 15.5 Å². The minimum Gasteiger partial charge on any atom is -0.476 e. The Morgan fingerprint density at radius 2 is 1.95 bits per heavy atom. The topological polar surface area (TPSA) is 95.4 Å². The Labute approximate surface area is 115 Å². The van der Waals surface area contributed by atoms with Gasteiger partial charge < -0.3 is 15.3 Å². The van der Waals surface area contributed by atoms with Gasteiger partial charge in [0, 0.05) is 19.5 Å². The first-order valence-corrected chi connectivity index (χ1v) is 5.93. The molecule has 1 aromatic heterocycles. The third kappa shape index (κ3) is 2.66. The lowest BCUT2D eigenvalue weighted by molar-refractivity contribution is -0.126. The SMILES string of the molecule is CN(C)C(=O)CNc1c(C(=O)O)nnc2ccccc12. The number of likely N-dealkylation sites (N-methyl/N-ethyl adjacent to an activating group) is 1. The molecule has 2 rings (SSSR count). The van der Waals surface area contributed by atoms with Gasteiger partial charge in [0.25, 0.3) is 0 Å². The molecular weight excluding hydrogens is 260 g/mol. The van der Waals surface area contributed by atoms with Crippen molar-refractivity contribution in [2.75, 3.05) is 26.0 Å². The zero-order valence-electron chi connectivity index (χ0n) is 11.1. The fourth-order valence-electron chi connectivity index (χ4n) is 1.70. The number of benzene rings is 1. The molecule has 0 aliphatic rings. The van der Waals surface area contributed by atoms with E-state index in [9.17, 15) is 9.59 Å². The summed E-state index contributed by atoms with van der Waals surface area (Å²) in [5, 5.41) is 20.2. The second-order valence-electron chi connectivity index (χ2n) is 4.39. The molecule has 1 heterocycles. The molecule has 0 aliphatic carbocycles. The number of nitrogens with zero attached hydrogens (tertiary/aromatic N) is 3. The van der Waals surface area contributed by atoms with Crippen molar-refractivity contribution < 1.29 is 14.7 Å². The zero-order chi connectivity index (χ0) is 14.7. The molecule has 0 fully saturated rings. The summed E-state index contributed by atoms with van der Waals surface area (Å²) in [6.45, 7) is -0.0109. The largest absolute Gasteiger partial charge is 0.476 e. The van der Waals surface area contributed by atoms with Crippen LogP contribution in [0.3, 0.4) is 0 Å². The van der Waals surface area contributed by atoms with E-state index in [1.807, 2.05) is 0 Å². The maximum absolute atomic E-state index is 11.6. The summed E-state index contributed by atoms with van der Waals surface area (Å²) < 4.78 is 0. The summed E-state index contributed by atoms with van der Waals surface area (Å²) in [5.74, 6) is -1.36. The molecule has 1 aromatic carbocycles. The summed E-state index contributed by atoms with van der Waals surface area (Å²) >= 11 is 0. The molecule has 0 radical (unpaired) electrons. The molecule has 7 nitrogen and oxygen atoms in total. The predicted octanol–water partition coefficient (Wildman–Crippen LogP) is 0.828. The number of aromatic carboxylic acids is 1. The van der Waals surface area contributed by atoms with Gasteiger partial charge in [-0.15, -0.1) is 10.2 Å². The van der Waals surface area contributed by atoms with E-state index in [0.717, 1.165) is 0 Å². The highest BCUT2D eigenvalue weighted by atomic mass is 16.4. The summed E-state index contributed by atoms with van der Waals surface area (Å²) in [6.07, 6.45) is 0. The lowest BCUT2D eigenvalue weighted by atomic mass is 10.1. The van der Waals surface area contributed by atoms with E-state index < -0.39 is 5.97 Å². The highest BCUT2D eigenvalue weighted by Crippen LogP contribution is 2.24. The first kappa shape index (κ1) is 13.7. The molecule has 0 saturated carbocycles. The monoisotopic (exact) mass is 274 g/mol. The summed E-state index contributed by atoms with van der Waals surface area (Å²) in [5.41, 5.74) is 0.672. The van der Waals surface area contributed by atoms with E-state index in [4.69, 9.17) is 5.11 Å². The number of hydrogen-bond donors (Lipinski definition) is 2. The third-order valence-corrected chi connectivity index (χ3v) is 2.79. The number of carboxylic acid groups (broad SMARTS) is 1. The number of rotatable bonds is 4. The lowest BCUT2D eigenvalue weighted by Crippen LogP contribution is -2.29. The quantitative estimate of drug-likeness (QED) is 0.857. The Morgan fingerprint density at radius 3 is 2.60 bits per heavy atom. The number of carbonyl (C=O) groups excluding carboxylic acids is 1. The van der Waals surface area contributed by atoms with Crippen LogP contribution in [-0.2, 0) is 4.79 Å². The van der Waals surface area contributed by atoms with Gasteiger partial charge in [0.2, 0.25) is 5.91 Å². The number of hydrogen-bond acceptors (Lipinski definition) is 5. The molecule has 0 unspecified atom stereocenters. The summed E-state index contributed by atoms with van der Waals surface area (Å²) in [6, 6.07) is 7.02. The highest BCUT2D eigenvalue weighted by Gasteiger charge is 2.17. The normalized spacial score (nSPS) is 10.3. The molecule has 0 bridgehead atoms. The van der Waals surface area contributed by atoms with Gasteiger partial charge in [-0.3, -0.25) is 4.79 Å². The van der Waals surface area contributed by atoms with E-state index in [0.29, 0.717) is 16.6 Å². The van der Waals surface area contributed by atoms with Crippen molar-refractivity contribution in [1.29, 1.82) is 0 Å². The molecule has 20 heavy (non-hydrogen) atoms. The van der Waals surface area contributed by atoms with Gasteiger partial charge in [0.15, 0.2) is 5.69 Å². The standard InChI is InChI=1S/C13H14N4O3/c1-17(2)10(18)7-14-11-8-5-3-4-6-9(8)15-16-12(11)13(19)20/h3-6H,7H2,1-2H3,(H,14,15)(H,19,20). The summed E-state index contributed by atoms with van der Waals surface area (Å²) in [7, 11) is 3.26. The summed E-state index contributed by atoms with van der Waals surface area (Å²) in [4.78, 5) is 24.2. The number of aromatic nitrogens is 2. The molecular formula is C13H14N4O3. The fourth-order valence-corrected chi connectivity index (χ4v) is 1.70. The van der Waals surface area contributed by atoms with Crippen LogP contribution in [-0.4, -0.2) is 52.7 Å². The van der Waals surface area contributed by atoms with E-state index in [1.54, 1.807) is 38.4 Å². The van der Waals surface area contributed by atoms with Crippen LogP contribution in [0.25, 0.3) is 10.9 Å². The maximum Gasteiger partial charge on any atom is 0.358 e. The van der Waals surface area contributed by atoms with Crippen LogP contribution in [0.4, 0.5) is 5.69 Å². The molecule has 2 N–H and O–H groups in total. The number of amides is 1. The Bertz CT molecular complexity index is 670. The predicted molar refractivity (Wildman–Crippen MR) is 73.7 cm³/mol. The van der Waals surface area contributed by atoms with Crippen molar-refractivity contribution in [1.82, 2.24) is 15.1 Å². The van der Waals surface area contributed by atoms with Crippen molar-refractivity contribution in [3.8, 4) is 0 Å². The second kappa shape index (κ2) is 5.52. The van der Waals surface area contributed by atoms with Crippen LogP contribution in [0.15, 0.2) is 24.3 Å². The number of anilines is 1. The Morgan fingerprint density at radius 1 is 1.25 bits per heavy atom. The van der Waals surface area contributed by atoms with Crippen molar-refractivity contribution in [2.24, 2.45) is 0 Å². The Kier molecular flexibility index (Phi) is 3.79. The van der Waals surface area contributed by atoms with Crippen molar-refractivity contribution in [2.45, 2.75) is 0 Å². The van der Waals surface area contributed by atoms with Gasteiger partial charge in [-0.2, -0.15) is 0 Å². The van der Waals surface area contributed by atoms with Gasteiger partial charge >= 0.3 is 5.97 Å². The van der Waals surface area contributed by atoms with Gasteiger partial charge in [-0.25, -0.2) is 4.79 Å². The number of carboxylic acids is 1. The van der Waals surface area contributed by atoms with Crippen LogP contribution in [0, 0.1) is 0 Å². The first-order chi connectivity index (χ1) is 9.50. The van der Waals surface area contributed by atoms with Crippen LogP contribution in [0.2, 0.25) is 0 Å². The van der Waals surface area contributed by atoms with Crippen LogP contribution in [0.1, 0.15) is 10.5 Å². The third-order valence-electron chi connectivity index (χ3n) is 2.79. The molecule has 0 atom stereocenters. The number of fused-ring (bicyclic) bond motifs is 1. The second-order valence-corrected chi connectivity index (χ2v) is 4.39. The molecule has 2 aromatic rings. The van der Waals surface area contributed by atoms with Gasteiger partial charge in [-0.05, 0) is 6.07 Å². The van der Waals surface area contributed by atoms with Gasteiger partial charge in [0.1, 0.15) is 0 Å². The van der Waals surface area contributed by atoms with E-state index >= 15 is 0 Å². The molecule has 0 aliphatic heterocycles. The molecule has 1 amide bonds. The molecule has 7 heteroatoms. The zero-order valence-corrected chi connectivity index (χ0v) is 11.1. The van der Waals surface area contributed by atoms with Crippen LogP contribution >= 0.6 is 0 Å². The molecule has 0 spiro atoms. The van der Waals surface area contributed by atoms with Crippen LogP contribution in [0.5, 0.6) is 0 Å². The van der Waals surface area contributed by atoms with Crippen molar-refractivity contribution >= 4 is 28.5 Å². The highest BCUT2D eigenvalue weighted by molar-refractivity contribution is 6.03. The molecule has 104 valence electrons. The average molecular weight is 274 g/mol. The number of nitrogens with one attached hydrogen (secondary N) is 1. The van der Waals surface area contributed by atoms with E-state index in [-0.39, 0.29) is 18.1 Å².